The van der Waals surface area contributed by atoms with Gasteiger partial charge in [0.05, 0.1) is 19.8 Å². The van der Waals surface area contributed by atoms with Crippen LogP contribution in [-0.2, 0) is 0 Å². The van der Waals surface area contributed by atoms with Crippen LogP contribution >= 0.6 is 0 Å². The lowest BCUT2D eigenvalue weighted by Crippen LogP contribution is -2.25. The molecule has 1 aliphatic rings. The molecule has 0 spiro atoms. The molecular formula is C25H26N2O6. The third-order valence-electron chi connectivity index (χ3n) is 5.81. The zero-order chi connectivity index (χ0) is 23.4. The van der Waals surface area contributed by atoms with Crippen LogP contribution in [0.15, 0.2) is 42.6 Å². The lowest BCUT2D eigenvalue weighted by atomic mass is 9.99. The number of aromatic nitrogens is 1. The van der Waals surface area contributed by atoms with Crippen LogP contribution in [0.3, 0.4) is 0 Å². The Bertz CT molecular complexity index is 1190. The molecule has 2 heterocycles. The summed E-state index contributed by atoms with van der Waals surface area (Å²) in [6, 6.07) is 9.99. The third kappa shape index (κ3) is 4.75. The molecule has 8 heteroatoms. The van der Waals surface area contributed by atoms with Gasteiger partial charge in [-0.1, -0.05) is 12.1 Å². The summed E-state index contributed by atoms with van der Waals surface area (Å²) in [6.07, 6.45) is 3.59. The maximum absolute atomic E-state index is 13.3. The average Bonchev–Trinajstić information content (AvgIpc) is 3.36. The number of hydrogen-bond acceptors (Lipinski definition) is 7. The second kappa shape index (κ2) is 9.87. The number of ketones is 1. The monoisotopic (exact) mass is 450 g/mol. The van der Waals surface area contributed by atoms with Crippen molar-refractivity contribution in [2.75, 3.05) is 40.5 Å². The highest BCUT2D eigenvalue weighted by molar-refractivity contribution is 6.18. The summed E-state index contributed by atoms with van der Waals surface area (Å²) < 4.78 is 16.7. The average molecular weight is 450 g/mol. The Kier molecular flexibility index (Phi) is 6.74. The van der Waals surface area contributed by atoms with Crippen LogP contribution in [-0.4, -0.2) is 67.2 Å². The van der Waals surface area contributed by atoms with Gasteiger partial charge in [0.1, 0.15) is 18.1 Å². The van der Waals surface area contributed by atoms with E-state index in [1.807, 2.05) is 0 Å². The quantitative estimate of drug-likeness (QED) is 0.493. The summed E-state index contributed by atoms with van der Waals surface area (Å²) in [6.45, 7) is 3.35. The normalized spacial score (nSPS) is 13.8. The fraction of sp³-hybridized carbons (Fsp3) is 0.320. The Morgan fingerprint density at radius 2 is 1.79 bits per heavy atom. The van der Waals surface area contributed by atoms with Gasteiger partial charge in [0.2, 0.25) is 5.78 Å². The zero-order valence-corrected chi connectivity index (χ0v) is 18.7. The van der Waals surface area contributed by atoms with Gasteiger partial charge in [-0.3, -0.25) is 14.7 Å². The van der Waals surface area contributed by atoms with Crippen LogP contribution < -0.4 is 14.2 Å². The summed E-state index contributed by atoms with van der Waals surface area (Å²) >= 11 is 0. The van der Waals surface area contributed by atoms with E-state index in [-0.39, 0.29) is 17.0 Å². The SMILES string of the molecule is COc1cccc(C(=O)c2ncc(C(=O)O)c3cc(OC)c(OCCN4CCCC4)cc23)c1. The summed E-state index contributed by atoms with van der Waals surface area (Å²) in [4.78, 5) is 31.7. The zero-order valence-electron chi connectivity index (χ0n) is 18.7. The highest BCUT2D eigenvalue weighted by Crippen LogP contribution is 2.36. The second-order valence-electron chi connectivity index (χ2n) is 7.83. The number of aromatic carboxylic acids is 1. The molecule has 4 rings (SSSR count). The molecule has 1 fully saturated rings. The Morgan fingerprint density at radius 3 is 2.48 bits per heavy atom. The molecule has 0 aliphatic carbocycles. The van der Waals surface area contributed by atoms with Gasteiger partial charge in [0, 0.05) is 29.1 Å². The van der Waals surface area contributed by atoms with E-state index in [0.717, 1.165) is 19.6 Å². The first-order valence-electron chi connectivity index (χ1n) is 10.8. The van der Waals surface area contributed by atoms with Gasteiger partial charge in [0.15, 0.2) is 11.5 Å². The standard InChI is InChI=1S/C25H26N2O6/c1-31-17-7-5-6-16(12-17)24(28)23-19-14-22(33-11-10-27-8-3-4-9-27)21(32-2)13-18(19)20(15-26-23)25(29)30/h5-7,12-15H,3-4,8-11H2,1-2H3,(H,29,30). The number of benzene rings is 2. The van der Waals surface area contributed by atoms with Gasteiger partial charge in [-0.15, -0.1) is 0 Å². The molecule has 1 saturated heterocycles. The third-order valence-corrected chi connectivity index (χ3v) is 5.81. The first kappa shape index (κ1) is 22.5. The number of pyridine rings is 1. The highest BCUT2D eigenvalue weighted by atomic mass is 16.5. The van der Waals surface area contributed by atoms with Gasteiger partial charge >= 0.3 is 5.97 Å². The molecule has 1 aromatic heterocycles. The van der Waals surface area contributed by atoms with E-state index < -0.39 is 5.97 Å². The number of carboxylic acid groups (broad SMARTS) is 1. The fourth-order valence-electron chi connectivity index (χ4n) is 4.06. The Hall–Kier alpha value is -3.65. The minimum absolute atomic E-state index is 0.0193. The van der Waals surface area contributed by atoms with Crippen LogP contribution in [0.4, 0.5) is 0 Å². The highest BCUT2D eigenvalue weighted by Gasteiger charge is 2.22. The Labute approximate surface area is 191 Å². The van der Waals surface area contributed by atoms with E-state index in [0.29, 0.717) is 40.2 Å². The molecule has 3 aromatic rings. The molecule has 0 unspecified atom stereocenters. The molecule has 0 bridgehead atoms. The molecule has 0 amide bonds. The van der Waals surface area contributed by atoms with Crippen molar-refractivity contribution in [3.63, 3.8) is 0 Å². The lowest BCUT2D eigenvalue weighted by molar-refractivity contribution is 0.0698. The minimum Gasteiger partial charge on any atom is -0.497 e. The van der Waals surface area contributed by atoms with Gasteiger partial charge < -0.3 is 19.3 Å². The van der Waals surface area contributed by atoms with Crippen molar-refractivity contribution >= 4 is 22.5 Å². The van der Waals surface area contributed by atoms with E-state index in [9.17, 15) is 14.7 Å². The topological polar surface area (TPSA) is 98.2 Å². The lowest BCUT2D eigenvalue weighted by Gasteiger charge is -2.17. The number of nitrogens with zero attached hydrogens (tertiary/aromatic N) is 2. The Morgan fingerprint density at radius 1 is 1.03 bits per heavy atom. The van der Waals surface area contributed by atoms with Crippen molar-refractivity contribution in [3.05, 3.63) is 59.4 Å². The van der Waals surface area contributed by atoms with Crippen molar-refractivity contribution in [1.82, 2.24) is 9.88 Å². The number of rotatable bonds is 9. The molecule has 0 saturated carbocycles. The van der Waals surface area contributed by atoms with Gasteiger partial charge in [0.25, 0.3) is 0 Å². The predicted molar refractivity (Wildman–Crippen MR) is 123 cm³/mol. The number of methoxy groups -OCH3 is 2. The molecule has 2 aromatic carbocycles. The molecule has 33 heavy (non-hydrogen) atoms. The summed E-state index contributed by atoms with van der Waals surface area (Å²) in [5, 5.41) is 10.4. The van der Waals surface area contributed by atoms with E-state index in [1.165, 1.54) is 33.3 Å². The van der Waals surface area contributed by atoms with Crippen LogP contribution in [0.1, 0.15) is 39.3 Å². The summed E-state index contributed by atoms with van der Waals surface area (Å²) in [5.74, 6) is -0.104. The van der Waals surface area contributed by atoms with Crippen molar-refractivity contribution in [3.8, 4) is 17.2 Å². The van der Waals surface area contributed by atoms with Crippen LogP contribution in [0.25, 0.3) is 10.8 Å². The van der Waals surface area contributed by atoms with Gasteiger partial charge in [-0.05, 0) is 50.2 Å². The molecule has 0 radical (unpaired) electrons. The van der Waals surface area contributed by atoms with Crippen molar-refractivity contribution in [1.29, 1.82) is 0 Å². The molecule has 8 nitrogen and oxygen atoms in total. The molecular weight excluding hydrogens is 424 g/mol. The number of carbonyl (C=O) groups is 2. The van der Waals surface area contributed by atoms with Crippen LogP contribution in [0.5, 0.6) is 17.2 Å². The number of carboxylic acids is 1. The van der Waals surface area contributed by atoms with Crippen molar-refractivity contribution in [2.24, 2.45) is 0 Å². The minimum atomic E-state index is -1.14. The maximum Gasteiger partial charge on any atom is 0.337 e. The molecule has 1 N–H and O–H groups in total. The number of carbonyl (C=O) groups excluding carboxylic acids is 1. The summed E-state index contributed by atoms with van der Waals surface area (Å²) in [7, 11) is 3.02. The van der Waals surface area contributed by atoms with Crippen LogP contribution in [0, 0.1) is 0 Å². The van der Waals surface area contributed by atoms with Crippen LogP contribution in [0.2, 0.25) is 0 Å². The number of likely N-dealkylation sites (tertiary alicyclic amines) is 1. The Balaban J connectivity index is 1.76. The fourth-order valence-corrected chi connectivity index (χ4v) is 4.06. The molecule has 1 aliphatic heterocycles. The number of fused-ring (bicyclic) bond motifs is 1. The summed E-state index contributed by atoms with van der Waals surface area (Å²) in [5.41, 5.74) is 0.503. The van der Waals surface area contributed by atoms with Gasteiger partial charge in [-0.25, -0.2) is 4.79 Å². The van der Waals surface area contributed by atoms with Crippen molar-refractivity contribution in [2.45, 2.75) is 12.8 Å². The first-order chi connectivity index (χ1) is 16.0. The van der Waals surface area contributed by atoms with Gasteiger partial charge in [-0.2, -0.15) is 0 Å². The molecule has 172 valence electrons. The molecule has 0 atom stereocenters. The van der Waals surface area contributed by atoms with E-state index in [1.54, 1.807) is 36.4 Å². The smallest absolute Gasteiger partial charge is 0.337 e. The maximum atomic E-state index is 13.3. The first-order valence-corrected chi connectivity index (χ1v) is 10.8. The number of hydrogen-bond donors (Lipinski definition) is 1. The predicted octanol–water partition coefficient (Wildman–Crippen LogP) is 3.66. The second-order valence-corrected chi connectivity index (χ2v) is 7.83. The van der Waals surface area contributed by atoms with E-state index >= 15 is 0 Å². The van der Waals surface area contributed by atoms with Crippen molar-refractivity contribution < 1.29 is 28.9 Å². The van der Waals surface area contributed by atoms with E-state index in [2.05, 4.69) is 9.88 Å². The number of ether oxygens (including phenoxy) is 3. The largest absolute Gasteiger partial charge is 0.497 e. The van der Waals surface area contributed by atoms with E-state index in [4.69, 9.17) is 14.2 Å².